The van der Waals surface area contributed by atoms with Gasteiger partial charge in [0, 0.05) is 19.2 Å². The number of benzene rings is 1. The molecule has 6 nitrogen and oxygen atoms in total. The molecule has 1 heterocycles. The molecule has 0 saturated carbocycles. The van der Waals surface area contributed by atoms with Crippen molar-refractivity contribution in [1.82, 2.24) is 4.90 Å². The first kappa shape index (κ1) is 16.4. The summed E-state index contributed by atoms with van der Waals surface area (Å²) in [5.74, 6) is -1.18. The van der Waals surface area contributed by atoms with Gasteiger partial charge < -0.3 is 4.74 Å². The molecule has 0 aromatic heterocycles. The molecule has 1 fully saturated rings. The molecule has 0 spiro atoms. The monoisotopic (exact) mass is 310 g/mol. The Hall–Kier alpha value is -2.02. The van der Waals surface area contributed by atoms with Crippen molar-refractivity contribution in [3.05, 3.63) is 39.7 Å². The van der Waals surface area contributed by atoms with Gasteiger partial charge in [0.2, 0.25) is 5.82 Å². The van der Waals surface area contributed by atoms with E-state index in [0.717, 1.165) is 19.4 Å². The predicted octanol–water partition coefficient (Wildman–Crippen LogP) is 2.51. The Morgan fingerprint density at radius 3 is 2.95 bits per heavy atom. The van der Waals surface area contributed by atoms with E-state index in [4.69, 9.17) is 4.74 Å². The third kappa shape index (κ3) is 4.00. The number of carbonyl (C=O) groups excluding carboxylic acids is 1. The van der Waals surface area contributed by atoms with E-state index in [-0.39, 0.29) is 11.9 Å². The molecular weight excluding hydrogens is 291 g/mol. The third-order valence-electron chi connectivity index (χ3n) is 3.74. The second-order valence-electron chi connectivity index (χ2n) is 5.37. The highest BCUT2D eigenvalue weighted by Gasteiger charge is 2.27. The minimum Gasteiger partial charge on any atom is -0.466 e. The zero-order chi connectivity index (χ0) is 16.1. The Morgan fingerprint density at radius 1 is 1.55 bits per heavy atom. The van der Waals surface area contributed by atoms with Crippen LogP contribution in [-0.2, 0) is 16.1 Å². The lowest BCUT2D eigenvalue weighted by Gasteiger charge is -2.31. The summed E-state index contributed by atoms with van der Waals surface area (Å²) < 4.78 is 18.7. The molecule has 0 N–H and O–H groups in total. The van der Waals surface area contributed by atoms with Crippen LogP contribution in [0.3, 0.4) is 0 Å². The fraction of sp³-hybridized carbons (Fsp3) is 0.533. The van der Waals surface area contributed by atoms with E-state index >= 15 is 0 Å². The number of rotatable bonds is 5. The van der Waals surface area contributed by atoms with E-state index in [1.165, 1.54) is 12.1 Å². The maximum atomic E-state index is 13.6. The van der Waals surface area contributed by atoms with Crippen LogP contribution in [0.5, 0.6) is 0 Å². The SMILES string of the molecule is CCOC(=O)[C@H]1CCCN(Cc2ccc([N+](=O)[O-])c(F)c2)C1. The maximum absolute atomic E-state index is 13.6. The molecule has 1 aromatic carbocycles. The van der Waals surface area contributed by atoms with Gasteiger partial charge in [-0.25, -0.2) is 0 Å². The Bertz CT molecular complexity index is 564. The molecule has 0 aliphatic carbocycles. The summed E-state index contributed by atoms with van der Waals surface area (Å²) in [7, 11) is 0. The minimum absolute atomic E-state index is 0.156. The smallest absolute Gasteiger partial charge is 0.310 e. The van der Waals surface area contributed by atoms with Crippen molar-refractivity contribution in [2.45, 2.75) is 26.3 Å². The van der Waals surface area contributed by atoms with E-state index in [2.05, 4.69) is 0 Å². The van der Waals surface area contributed by atoms with Gasteiger partial charge in [-0.3, -0.25) is 19.8 Å². The molecule has 1 aliphatic rings. The largest absolute Gasteiger partial charge is 0.466 e. The lowest BCUT2D eigenvalue weighted by molar-refractivity contribution is -0.387. The summed E-state index contributed by atoms with van der Waals surface area (Å²) in [5, 5.41) is 10.6. The fourth-order valence-electron chi connectivity index (χ4n) is 2.71. The number of ether oxygens (including phenoxy) is 1. The number of carbonyl (C=O) groups is 1. The topological polar surface area (TPSA) is 72.7 Å². The number of nitrogens with zero attached hydrogens (tertiary/aromatic N) is 2. The highest BCUT2D eigenvalue weighted by Crippen LogP contribution is 2.22. The predicted molar refractivity (Wildman–Crippen MR) is 77.7 cm³/mol. The van der Waals surface area contributed by atoms with Crippen molar-refractivity contribution >= 4 is 11.7 Å². The number of likely N-dealkylation sites (tertiary alicyclic amines) is 1. The quantitative estimate of drug-likeness (QED) is 0.474. The number of nitro benzene ring substituents is 1. The van der Waals surface area contributed by atoms with Gasteiger partial charge in [-0.2, -0.15) is 4.39 Å². The molecule has 1 aromatic rings. The lowest BCUT2D eigenvalue weighted by Crippen LogP contribution is -2.38. The average Bonchev–Trinajstić information content (AvgIpc) is 2.47. The van der Waals surface area contributed by atoms with Gasteiger partial charge in [0.05, 0.1) is 17.4 Å². The van der Waals surface area contributed by atoms with Crippen LogP contribution >= 0.6 is 0 Å². The van der Waals surface area contributed by atoms with E-state index in [1.807, 2.05) is 4.90 Å². The summed E-state index contributed by atoms with van der Waals surface area (Å²) >= 11 is 0. The number of piperidine rings is 1. The molecule has 1 atom stereocenters. The lowest BCUT2D eigenvalue weighted by atomic mass is 9.97. The van der Waals surface area contributed by atoms with Gasteiger partial charge >= 0.3 is 11.7 Å². The molecule has 7 heteroatoms. The van der Waals surface area contributed by atoms with Crippen LogP contribution in [0.25, 0.3) is 0 Å². The average molecular weight is 310 g/mol. The van der Waals surface area contributed by atoms with Crippen molar-refractivity contribution < 1.29 is 18.8 Å². The Morgan fingerprint density at radius 2 is 2.32 bits per heavy atom. The van der Waals surface area contributed by atoms with Gasteiger partial charge in [-0.1, -0.05) is 6.07 Å². The standard InChI is InChI=1S/C15H19FN2O4/c1-2-22-15(19)12-4-3-7-17(10-12)9-11-5-6-14(18(20)21)13(16)8-11/h5-6,8,12H,2-4,7,9-10H2,1H3/t12-/m0/s1. The van der Waals surface area contributed by atoms with Crippen LogP contribution in [0, 0.1) is 21.8 Å². The molecule has 2 rings (SSSR count). The molecule has 0 amide bonds. The van der Waals surface area contributed by atoms with Gasteiger partial charge in [0.25, 0.3) is 0 Å². The van der Waals surface area contributed by atoms with Crippen LogP contribution < -0.4 is 0 Å². The van der Waals surface area contributed by atoms with E-state index in [9.17, 15) is 19.3 Å². The normalized spacial score (nSPS) is 18.9. The Labute approximate surface area is 128 Å². The van der Waals surface area contributed by atoms with Crippen molar-refractivity contribution in [2.75, 3.05) is 19.7 Å². The number of halogens is 1. The molecule has 1 saturated heterocycles. The van der Waals surface area contributed by atoms with Crippen molar-refractivity contribution in [1.29, 1.82) is 0 Å². The molecule has 0 radical (unpaired) electrons. The second kappa shape index (κ2) is 7.31. The van der Waals surface area contributed by atoms with Crippen molar-refractivity contribution in [3.63, 3.8) is 0 Å². The van der Waals surface area contributed by atoms with Crippen LogP contribution in [0.1, 0.15) is 25.3 Å². The molecule has 1 aliphatic heterocycles. The van der Waals surface area contributed by atoms with Gasteiger partial charge in [0.1, 0.15) is 0 Å². The fourth-order valence-corrected chi connectivity index (χ4v) is 2.71. The number of esters is 1. The van der Waals surface area contributed by atoms with Crippen molar-refractivity contribution in [3.8, 4) is 0 Å². The molecule has 120 valence electrons. The number of hydrogen-bond acceptors (Lipinski definition) is 5. The first-order valence-corrected chi connectivity index (χ1v) is 7.33. The summed E-state index contributed by atoms with van der Waals surface area (Å²) in [5.41, 5.74) is 0.138. The van der Waals surface area contributed by atoms with E-state index in [1.54, 1.807) is 13.0 Å². The summed E-state index contributed by atoms with van der Waals surface area (Å²) in [6.07, 6.45) is 1.67. The first-order chi connectivity index (χ1) is 10.5. The molecule has 22 heavy (non-hydrogen) atoms. The second-order valence-corrected chi connectivity index (χ2v) is 5.37. The molecular formula is C15H19FN2O4. The maximum Gasteiger partial charge on any atom is 0.310 e. The highest BCUT2D eigenvalue weighted by molar-refractivity contribution is 5.72. The Balaban J connectivity index is 1.99. The van der Waals surface area contributed by atoms with Crippen LogP contribution in [-0.4, -0.2) is 35.5 Å². The number of hydrogen-bond donors (Lipinski definition) is 0. The highest BCUT2D eigenvalue weighted by atomic mass is 19.1. The van der Waals surface area contributed by atoms with E-state index in [0.29, 0.717) is 25.3 Å². The number of nitro groups is 1. The molecule has 0 bridgehead atoms. The van der Waals surface area contributed by atoms with Gasteiger partial charge in [0.15, 0.2) is 0 Å². The van der Waals surface area contributed by atoms with Gasteiger partial charge in [-0.15, -0.1) is 0 Å². The van der Waals surface area contributed by atoms with E-state index < -0.39 is 16.4 Å². The summed E-state index contributed by atoms with van der Waals surface area (Å²) in [6, 6.07) is 3.92. The first-order valence-electron chi connectivity index (χ1n) is 7.33. The van der Waals surface area contributed by atoms with Crippen LogP contribution in [0.4, 0.5) is 10.1 Å². The zero-order valence-corrected chi connectivity index (χ0v) is 12.5. The van der Waals surface area contributed by atoms with Gasteiger partial charge in [-0.05, 0) is 37.9 Å². The van der Waals surface area contributed by atoms with Crippen molar-refractivity contribution in [2.24, 2.45) is 5.92 Å². The Kier molecular flexibility index (Phi) is 5.43. The third-order valence-corrected chi connectivity index (χ3v) is 3.74. The minimum atomic E-state index is -0.832. The summed E-state index contributed by atoms with van der Waals surface area (Å²) in [4.78, 5) is 23.7. The van der Waals surface area contributed by atoms with Crippen LogP contribution in [0.2, 0.25) is 0 Å². The zero-order valence-electron chi connectivity index (χ0n) is 12.5. The van der Waals surface area contributed by atoms with Crippen LogP contribution in [0.15, 0.2) is 18.2 Å². The summed E-state index contributed by atoms with van der Waals surface area (Å²) in [6.45, 7) is 3.98. The molecule has 0 unspecified atom stereocenters.